The molecule has 0 spiro atoms. The lowest BCUT2D eigenvalue weighted by Crippen LogP contribution is -2.08. The normalized spacial score (nSPS) is 11.6. The Morgan fingerprint density at radius 1 is 0.425 bits per heavy atom. The lowest BCUT2D eigenvalue weighted by atomic mass is 9.80. The first-order valence-electron chi connectivity index (χ1n) is 12.7. The van der Waals surface area contributed by atoms with Crippen LogP contribution in [0.3, 0.4) is 0 Å². The Bertz CT molecular complexity index is 1270. The number of phenols is 4. The predicted molar refractivity (Wildman–Crippen MR) is 164 cm³/mol. The lowest BCUT2D eigenvalue weighted by molar-refractivity contribution is 0.469. The zero-order valence-corrected chi connectivity index (χ0v) is 25.5. The van der Waals surface area contributed by atoms with Crippen LogP contribution in [-0.4, -0.2) is 20.4 Å². The second-order valence-corrected chi connectivity index (χ2v) is 12.0. The van der Waals surface area contributed by atoms with Crippen molar-refractivity contribution in [2.24, 2.45) is 0 Å². The highest BCUT2D eigenvalue weighted by atomic mass is 35.5. The van der Waals surface area contributed by atoms with E-state index in [9.17, 15) is 20.4 Å². The summed E-state index contributed by atoms with van der Waals surface area (Å²) in [7, 11) is 0. The van der Waals surface area contributed by atoms with Crippen molar-refractivity contribution in [1.82, 2.24) is 0 Å². The Morgan fingerprint density at radius 2 is 0.625 bits per heavy atom. The van der Waals surface area contributed by atoms with Gasteiger partial charge >= 0.3 is 0 Å². The fraction of sp³-hybridized carbons (Fsp3) is 0.250. The molecule has 0 atom stereocenters. The molecule has 0 fully saturated rings. The molecule has 4 aromatic rings. The van der Waals surface area contributed by atoms with Gasteiger partial charge in [0.2, 0.25) is 0 Å². The molecular formula is C32H30Cl4O4. The summed E-state index contributed by atoms with van der Waals surface area (Å²) in [6.45, 7) is 7.17. The molecule has 210 valence electrons. The predicted octanol–water partition coefficient (Wildman–Crippen LogP) is 10.1. The van der Waals surface area contributed by atoms with Gasteiger partial charge < -0.3 is 20.4 Å². The Morgan fingerprint density at radius 3 is 0.800 bits per heavy atom. The van der Waals surface area contributed by atoms with Crippen molar-refractivity contribution in [3.05, 3.63) is 113 Å². The van der Waals surface area contributed by atoms with Crippen LogP contribution in [0, 0.1) is 27.7 Å². The van der Waals surface area contributed by atoms with Gasteiger partial charge in [0.05, 0.1) is 20.1 Å². The average Bonchev–Trinajstić information content (AvgIpc) is 2.89. The van der Waals surface area contributed by atoms with E-state index in [0.29, 0.717) is 35.1 Å². The first kappa shape index (κ1) is 30.2. The standard InChI is InChI=1S/C32H30Cl4O4/c1-15-7-19(11-25(33)29(15)37)23(20-8-16(2)30(38)26(34)12-20)5-6-24(21-9-17(3)31(39)27(35)13-21)22-10-18(4)32(40)28(36)14-22/h7-14,23-24,37-40H,5-6H2,1-4H3. The van der Waals surface area contributed by atoms with Crippen LogP contribution in [0.1, 0.15) is 69.2 Å². The second kappa shape index (κ2) is 12.0. The summed E-state index contributed by atoms with van der Waals surface area (Å²) in [6, 6.07) is 14.6. The zero-order valence-electron chi connectivity index (χ0n) is 22.5. The minimum atomic E-state index is -0.196. The van der Waals surface area contributed by atoms with E-state index in [-0.39, 0.29) is 54.9 Å². The first-order chi connectivity index (χ1) is 18.8. The number of rotatable bonds is 7. The molecule has 0 aliphatic carbocycles. The highest BCUT2D eigenvalue weighted by Crippen LogP contribution is 2.44. The van der Waals surface area contributed by atoms with Crippen LogP contribution in [-0.2, 0) is 0 Å². The minimum absolute atomic E-state index is 0.0328. The molecule has 0 heterocycles. The van der Waals surface area contributed by atoms with Gasteiger partial charge in [-0.3, -0.25) is 0 Å². The molecule has 4 rings (SSSR count). The number of aryl methyl sites for hydroxylation is 4. The lowest BCUT2D eigenvalue weighted by Gasteiger charge is -2.25. The minimum Gasteiger partial charge on any atom is -0.506 e. The monoisotopic (exact) mass is 618 g/mol. The van der Waals surface area contributed by atoms with Gasteiger partial charge in [-0.15, -0.1) is 0 Å². The first-order valence-corrected chi connectivity index (χ1v) is 14.3. The molecule has 4 nitrogen and oxygen atoms in total. The maximum atomic E-state index is 10.3. The topological polar surface area (TPSA) is 80.9 Å². The van der Waals surface area contributed by atoms with Crippen molar-refractivity contribution in [2.45, 2.75) is 52.4 Å². The molecule has 0 unspecified atom stereocenters. The molecule has 0 radical (unpaired) electrons. The molecule has 0 amide bonds. The zero-order chi connectivity index (χ0) is 29.5. The Balaban J connectivity index is 1.85. The maximum Gasteiger partial charge on any atom is 0.137 e. The smallest absolute Gasteiger partial charge is 0.137 e. The molecule has 0 saturated heterocycles. The van der Waals surface area contributed by atoms with E-state index < -0.39 is 0 Å². The van der Waals surface area contributed by atoms with Crippen LogP contribution in [0.5, 0.6) is 23.0 Å². The van der Waals surface area contributed by atoms with Gasteiger partial charge in [-0.2, -0.15) is 0 Å². The molecule has 0 bridgehead atoms. The van der Waals surface area contributed by atoms with E-state index >= 15 is 0 Å². The van der Waals surface area contributed by atoms with Crippen LogP contribution in [0.25, 0.3) is 0 Å². The van der Waals surface area contributed by atoms with Crippen LogP contribution >= 0.6 is 46.4 Å². The Hall–Kier alpha value is -2.76. The SMILES string of the molecule is Cc1cc(C(CCC(c2cc(C)c(O)c(Cl)c2)c2cc(C)c(O)c(Cl)c2)c2cc(C)c(O)c(Cl)c2)cc(Cl)c1O. The fourth-order valence-corrected chi connectivity index (χ4v) is 6.34. The largest absolute Gasteiger partial charge is 0.506 e. The number of halogens is 4. The second-order valence-electron chi connectivity index (χ2n) is 10.4. The van der Waals surface area contributed by atoms with Crippen molar-refractivity contribution in [1.29, 1.82) is 0 Å². The number of benzene rings is 4. The molecule has 0 aliphatic rings. The van der Waals surface area contributed by atoms with Crippen LogP contribution in [0.15, 0.2) is 48.5 Å². The Labute approximate surface area is 254 Å². The highest BCUT2D eigenvalue weighted by Gasteiger charge is 2.24. The van der Waals surface area contributed by atoms with Gasteiger partial charge in [0.1, 0.15) is 23.0 Å². The van der Waals surface area contributed by atoms with Gasteiger partial charge in [0.25, 0.3) is 0 Å². The third-order valence-corrected chi connectivity index (χ3v) is 8.61. The molecule has 0 saturated carbocycles. The van der Waals surface area contributed by atoms with Crippen LogP contribution in [0.2, 0.25) is 20.1 Å². The summed E-state index contributed by atoms with van der Waals surface area (Å²) in [5.41, 5.74) is 6.14. The molecule has 40 heavy (non-hydrogen) atoms. The van der Waals surface area contributed by atoms with Gasteiger partial charge in [-0.25, -0.2) is 0 Å². The summed E-state index contributed by atoms with van der Waals surface area (Å²) in [6.07, 6.45) is 1.22. The van der Waals surface area contributed by atoms with E-state index in [1.54, 1.807) is 52.0 Å². The molecular weight excluding hydrogens is 590 g/mol. The maximum absolute atomic E-state index is 10.3. The third kappa shape index (κ3) is 6.11. The molecule has 0 aliphatic heterocycles. The highest BCUT2D eigenvalue weighted by molar-refractivity contribution is 6.33. The fourth-order valence-electron chi connectivity index (χ4n) is 5.24. The van der Waals surface area contributed by atoms with Crippen molar-refractivity contribution in [2.75, 3.05) is 0 Å². The van der Waals surface area contributed by atoms with Crippen molar-refractivity contribution >= 4 is 46.4 Å². The summed E-state index contributed by atoms with van der Waals surface area (Å²) in [5.74, 6) is -0.261. The number of hydrogen-bond acceptors (Lipinski definition) is 4. The van der Waals surface area contributed by atoms with E-state index in [1.807, 2.05) is 24.3 Å². The van der Waals surface area contributed by atoms with Crippen LogP contribution < -0.4 is 0 Å². The molecule has 0 aromatic heterocycles. The number of phenolic OH excluding ortho intramolecular Hbond substituents is 4. The summed E-state index contributed by atoms with van der Waals surface area (Å²) < 4.78 is 0. The van der Waals surface area contributed by atoms with Gasteiger partial charge in [-0.05, 0) is 109 Å². The number of hydrogen-bond donors (Lipinski definition) is 4. The molecule has 8 heteroatoms. The van der Waals surface area contributed by atoms with Gasteiger partial charge in [0, 0.05) is 11.8 Å². The van der Waals surface area contributed by atoms with E-state index in [1.165, 1.54) is 0 Å². The van der Waals surface area contributed by atoms with Crippen molar-refractivity contribution in [3.8, 4) is 23.0 Å². The quantitative estimate of drug-likeness (QED) is 0.166. The summed E-state index contributed by atoms with van der Waals surface area (Å²) in [5, 5.41) is 42.3. The molecule has 4 aromatic carbocycles. The van der Waals surface area contributed by atoms with Crippen molar-refractivity contribution in [3.63, 3.8) is 0 Å². The van der Waals surface area contributed by atoms with Gasteiger partial charge in [-0.1, -0.05) is 70.7 Å². The molecule has 4 N–H and O–H groups in total. The van der Waals surface area contributed by atoms with Crippen molar-refractivity contribution < 1.29 is 20.4 Å². The average molecular weight is 620 g/mol. The summed E-state index contributed by atoms with van der Waals surface area (Å²) in [4.78, 5) is 0. The van der Waals surface area contributed by atoms with E-state index in [0.717, 1.165) is 22.3 Å². The summed E-state index contributed by atoms with van der Waals surface area (Å²) >= 11 is 25.6. The van der Waals surface area contributed by atoms with E-state index in [2.05, 4.69) is 0 Å². The van der Waals surface area contributed by atoms with Crippen LogP contribution in [0.4, 0.5) is 0 Å². The Kier molecular flexibility index (Phi) is 9.06. The van der Waals surface area contributed by atoms with E-state index in [4.69, 9.17) is 46.4 Å². The van der Waals surface area contributed by atoms with Gasteiger partial charge in [0.15, 0.2) is 0 Å². The third-order valence-electron chi connectivity index (χ3n) is 7.46. The number of aromatic hydroxyl groups is 4.